The minimum atomic E-state index is -0.227. The second kappa shape index (κ2) is 8.74. The van der Waals surface area contributed by atoms with Crippen molar-refractivity contribution in [2.75, 3.05) is 6.61 Å². The number of rotatable bonds is 6. The molecule has 0 aliphatic heterocycles. The molecule has 27 heavy (non-hydrogen) atoms. The molecule has 1 amide bonds. The fourth-order valence-electron chi connectivity index (χ4n) is 2.82. The van der Waals surface area contributed by atoms with E-state index in [1.165, 1.54) is 5.56 Å². The Bertz CT molecular complexity index is 907. The second-order valence-electron chi connectivity index (χ2n) is 6.52. The minimum Gasteiger partial charge on any atom is -0.484 e. The van der Waals surface area contributed by atoms with Crippen molar-refractivity contribution in [2.24, 2.45) is 0 Å². The van der Waals surface area contributed by atoms with Gasteiger partial charge in [-0.25, -0.2) is 0 Å². The smallest absolute Gasteiger partial charge is 0.258 e. The van der Waals surface area contributed by atoms with E-state index in [0.29, 0.717) is 10.8 Å². The molecular formula is C23H22ClNO2. The monoisotopic (exact) mass is 379 g/mol. The molecule has 0 fully saturated rings. The Morgan fingerprint density at radius 1 is 0.963 bits per heavy atom. The van der Waals surface area contributed by atoms with Gasteiger partial charge in [0.15, 0.2) is 6.61 Å². The van der Waals surface area contributed by atoms with Crippen molar-refractivity contribution in [1.82, 2.24) is 5.32 Å². The predicted octanol–water partition coefficient (Wildman–Crippen LogP) is 5.24. The standard InChI is InChI=1S/C23H22ClNO2/c1-16-8-10-19(11-9-16)23(18-6-4-3-5-7-18)25-22(26)15-27-20-12-13-21(24)17(2)14-20/h3-14,23H,15H2,1-2H3,(H,25,26)/t23-/m0/s1. The van der Waals surface area contributed by atoms with Crippen LogP contribution in [-0.2, 0) is 4.79 Å². The number of carbonyl (C=O) groups excluding carboxylic acids is 1. The van der Waals surface area contributed by atoms with Crippen LogP contribution in [0, 0.1) is 13.8 Å². The molecule has 1 atom stereocenters. The molecular weight excluding hydrogens is 358 g/mol. The van der Waals surface area contributed by atoms with Crippen LogP contribution in [0.1, 0.15) is 28.3 Å². The van der Waals surface area contributed by atoms with Gasteiger partial charge < -0.3 is 10.1 Å². The van der Waals surface area contributed by atoms with Crippen molar-refractivity contribution in [1.29, 1.82) is 0 Å². The number of nitrogens with one attached hydrogen (secondary N) is 1. The summed E-state index contributed by atoms with van der Waals surface area (Å²) in [6.45, 7) is 3.89. The summed E-state index contributed by atoms with van der Waals surface area (Å²) >= 11 is 6.02. The summed E-state index contributed by atoms with van der Waals surface area (Å²) in [5.74, 6) is 0.440. The average molecular weight is 380 g/mol. The fourth-order valence-corrected chi connectivity index (χ4v) is 2.94. The van der Waals surface area contributed by atoms with Gasteiger partial charge in [-0.15, -0.1) is 0 Å². The summed E-state index contributed by atoms with van der Waals surface area (Å²) in [5, 5.41) is 3.75. The number of benzene rings is 3. The Hall–Kier alpha value is -2.78. The first-order valence-corrected chi connectivity index (χ1v) is 9.20. The maximum absolute atomic E-state index is 12.5. The van der Waals surface area contributed by atoms with E-state index in [2.05, 4.69) is 5.32 Å². The molecule has 0 saturated heterocycles. The van der Waals surface area contributed by atoms with Crippen LogP contribution in [0.2, 0.25) is 5.02 Å². The first-order valence-electron chi connectivity index (χ1n) is 8.83. The highest BCUT2D eigenvalue weighted by molar-refractivity contribution is 6.31. The van der Waals surface area contributed by atoms with Crippen LogP contribution in [0.3, 0.4) is 0 Å². The molecule has 0 aliphatic rings. The van der Waals surface area contributed by atoms with Crippen LogP contribution in [0.25, 0.3) is 0 Å². The van der Waals surface area contributed by atoms with E-state index in [-0.39, 0.29) is 18.6 Å². The van der Waals surface area contributed by atoms with Gasteiger partial charge in [-0.2, -0.15) is 0 Å². The maximum Gasteiger partial charge on any atom is 0.258 e. The zero-order chi connectivity index (χ0) is 19.2. The number of amides is 1. The van der Waals surface area contributed by atoms with E-state index >= 15 is 0 Å². The molecule has 3 nitrogen and oxygen atoms in total. The molecule has 1 N–H and O–H groups in total. The predicted molar refractivity (Wildman–Crippen MR) is 109 cm³/mol. The Balaban J connectivity index is 1.72. The quantitative estimate of drug-likeness (QED) is 0.635. The Labute approximate surface area is 164 Å². The molecule has 0 saturated carbocycles. The van der Waals surface area contributed by atoms with E-state index in [9.17, 15) is 4.79 Å². The van der Waals surface area contributed by atoms with Gasteiger partial charge in [0.2, 0.25) is 0 Å². The van der Waals surface area contributed by atoms with Crippen molar-refractivity contribution in [3.05, 3.63) is 100 Å². The van der Waals surface area contributed by atoms with Crippen LogP contribution in [0.15, 0.2) is 72.8 Å². The Morgan fingerprint density at radius 2 is 1.63 bits per heavy atom. The molecule has 0 heterocycles. The van der Waals surface area contributed by atoms with Gasteiger partial charge >= 0.3 is 0 Å². The van der Waals surface area contributed by atoms with Crippen molar-refractivity contribution < 1.29 is 9.53 Å². The van der Waals surface area contributed by atoms with Crippen LogP contribution in [-0.4, -0.2) is 12.5 Å². The highest BCUT2D eigenvalue weighted by Gasteiger charge is 2.17. The topological polar surface area (TPSA) is 38.3 Å². The molecule has 4 heteroatoms. The normalized spacial score (nSPS) is 11.7. The van der Waals surface area contributed by atoms with Gasteiger partial charge in [-0.3, -0.25) is 4.79 Å². The number of ether oxygens (including phenoxy) is 1. The summed E-state index contributed by atoms with van der Waals surface area (Å²) in [5.41, 5.74) is 4.15. The van der Waals surface area contributed by atoms with Crippen molar-refractivity contribution >= 4 is 17.5 Å². The van der Waals surface area contributed by atoms with Gasteiger partial charge in [-0.05, 0) is 48.7 Å². The third kappa shape index (κ3) is 5.11. The summed E-state index contributed by atoms with van der Waals surface area (Å²) in [6, 6.07) is 23.2. The van der Waals surface area contributed by atoms with Gasteiger partial charge in [0, 0.05) is 5.02 Å². The molecule has 3 rings (SSSR count). The molecule has 0 spiro atoms. The van der Waals surface area contributed by atoms with E-state index < -0.39 is 0 Å². The first kappa shape index (κ1) is 19.0. The van der Waals surface area contributed by atoms with Crippen LogP contribution < -0.4 is 10.1 Å². The van der Waals surface area contributed by atoms with Crippen molar-refractivity contribution in [3.63, 3.8) is 0 Å². The third-order valence-corrected chi connectivity index (χ3v) is 4.77. The van der Waals surface area contributed by atoms with E-state index in [1.807, 2.05) is 74.5 Å². The van der Waals surface area contributed by atoms with Gasteiger partial charge in [0.25, 0.3) is 5.91 Å². The summed E-state index contributed by atoms with van der Waals surface area (Å²) in [7, 11) is 0. The highest BCUT2D eigenvalue weighted by Crippen LogP contribution is 2.23. The van der Waals surface area contributed by atoms with E-state index in [0.717, 1.165) is 16.7 Å². The summed E-state index contributed by atoms with van der Waals surface area (Å²) in [4.78, 5) is 12.5. The lowest BCUT2D eigenvalue weighted by molar-refractivity contribution is -0.123. The van der Waals surface area contributed by atoms with E-state index in [1.54, 1.807) is 12.1 Å². The summed E-state index contributed by atoms with van der Waals surface area (Å²) < 4.78 is 5.62. The largest absolute Gasteiger partial charge is 0.484 e. The molecule has 0 unspecified atom stereocenters. The molecule has 0 radical (unpaired) electrons. The van der Waals surface area contributed by atoms with Gasteiger partial charge in [-0.1, -0.05) is 71.8 Å². The zero-order valence-electron chi connectivity index (χ0n) is 15.4. The number of hydrogen-bond donors (Lipinski definition) is 1. The molecule has 0 aromatic heterocycles. The third-order valence-electron chi connectivity index (χ3n) is 4.35. The number of aryl methyl sites for hydroxylation is 2. The molecule has 0 bridgehead atoms. The molecule has 3 aromatic carbocycles. The van der Waals surface area contributed by atoms with Crippen molar-refractivity contribution in [2.45, 2.75) is 19.9 Å². The summed E-state index contributed by atoms with van der Waals surface area (Å²) in [6.07, 6.45) is 0. The zero-order valence-corrected chi connectivity index (χ0v) is 16.2. The van der Waals surface area contributed by atoms with E-state index in [4.69, 9.17) is 16.3 Å². The molecule has 3 aromatic rings. The first-order chi connectivity index (χ1) is 13.0. The number of halogens is 1. The van der Waals surface area contributed by atoms with Crippen LogP contribution in [0.5, 0.6) is 5.75 Å². The lowest BCUT2D eigenvalue weighted by Gasteiger charge is -2.20. The van der Waals surface area contributed by atoms with Gasteiger partial charge in [0.1, 0.15) is 5.75 Å². The SMILES string of the molecule is Cc1ccc([C@@H](NC(=O)COc2ccc(Cl)c(C)c2)c2ccccc2)cc1. The highest BCUT2D eigenvalue weighted by atomic mass is 35.5. The van der Waals surface area contributed by atoms with Crippen molar-refractivity contribution in [3.8, 4) is 5.75 Å². The lowest BCUT2D eigenvalue weighted by atomic mass is 9.98. The lowest BCUT2D eigenvalue weighted by Crippen LogP contribution is -2.33. The van der Waals surface area contributed by atoms with Crippen LogP contribution >= 0.6 is 11.6 Å². The van der Waals surface area contributed by atoms with Crippen LogP contribution in [0.4, 0.5) is 0 Å². The Morgan fingerprint density at radius 3 is 2.30 bits per heavy atom. The second-order valence-corrected chi connectivity index (χ2v) is 6.93. The molecule has 138 valence electrons. The average Bonchev–Trinajstić information content (AvgIpc) is 2.68. The molecule has 0 aliphatic carbocycles. The fraction of sp³-hybridized carbons (Fsp3) is 0.174. The maximum atomic E-state index is 12.5. The Kier molecular flexibility index (Phi) is 6.15. The minimum absolute atomic E-state index is 0.0593. The number of carbonyl (C=O) groups is 1. The number of hydrogen-bond acceptors (Lipinski definition) is 2. The van der Waals surface area contributed by atoms with Gasteiger partial charge in [0.05, 0.1) is 6.04 Å².